The van der Waals surface area contributed by atoms with Crippen molar-refractivity contribution in [2.75, 3.05) is 12.5 Å². The summed E-state index contributed by atoms with van der Waals surface area (Å²) in [5.74, 6) is 2.11. The minimum atomic E-state index is 0.349. The van der Waals surface area contributed by atoms with Crippen LogP contribution in [0.3, 0.4) is 0 Å². The Labute approximate surface area is 98.0 Å². The SMILES string of the molecule is CCCC/C=C/B(Br)Br.CSC. The summed E-state index contributed by atoms with van der Waals surface area (Å²) in [4.78, 5) is 0. The molecule has 0 saturated carbocycles. The van der Waals surface area contributed by atoms with E-state index in [1.807, 2.05) is 12.5 Å². The summed E-state index contributed by atoms with van der Waals surface area (Å²) in [6.45, 7) is 2.20. The average Bonchev–Trinajstić information content (AvgIpc) is 1.99. The van der Waals surface area contributed by atoms with Crippen LogP contribution in [-0.2, 0) is 0 Å². The van der Waals surface area contributed by atoms with Crippen LogP contribution in [0.1, 0.15) is 26.2 Å². The molecule has 0 amide bonds. The van der Waals surface area contributed by atoms with Gasteiger partial charge in [-0.2, -0.15) is 11.8 Å². The predicted molar refractivity (Wildman–Crippen MR) is 71.7 cm³/mol. The monoisotopic (exact) mass is 314 g/mol. The van der Waals surface area contributed by atoms with E-state index in [0.29, 0.717) is 4.36 Å². The van der Waals surface area contributed by atoms with Gasteiger partial charge < -0.3 is 0 Å². The minimum absolute atomic E-state index is 0.349. The second kappa shape index (κ2) is 14.6. The van der Waals surface area contributed by atoms with Crippen LogP contribution < -0.4 is 0 Å². The molecule has 0 unspecified atom stereocenters. The summed E-state index contributed by atoms with van der Waals surface area (Å²) in [5, 5.41) is 0. The highest BCUT2D eigenvalue weighted by Gasteiger charge is 1.93. The molecule has 0 aromatic carbocycles. The Balaban J connectivity index is 0. The van der Waals surface area contributed by atoms with E-state index in [1.54, 1.807) is 11.8 Å². The van der Waals surface area contributed by atoms with Crippen molar-refractivity contribution in [2.24, 2.45) is 0 Å². The Kier molecular flexibility index (Phi) is 19.0. The van der Waals surface area contributed by atoms with Crippen molar-refractivity contribution < 1.29 is 0 Å². The number of unbranched alkanes of at least 4 members (excludes halogenated alkanes) is 2. The van der Waals surface area contributed by atoms with Gasteiger partial charge >= 0.3 is 4.36 Å². The lowest BCUT2D eigenvalue weighted by molar-refractivity contribution is 0.815. The third kappa shape index (κ3) is 22.5. The molecule has 12 heavy (non-hydrogen) atoms. The fourth-order valence-corrected chi connectivity index (χ4v) is 0.953. The zero-order valence-electron chi connectivity index (χ0n) is 8.02. The standard InChI is InChI=1S/C6H11BBr2.C2H6S/c1-2-3-4-5-6-7(8)9;1-3-2/h5-6H,2-4H2,1H3;1-2H3/b6-5+;. The van der Waals surface area contributed by atoms with Crippen LogP contribution in [0.2, 0.25) is 0 Å². The Bertz CT molecular complexity index is 97.1. The number of allylic oxidation sites excluding steroid dienone is 1. The molecule has 4 heteroatoms. The molecule has 0 aliphatic rings. The number of thioether (sulfide) groups is 1. The van der Waals surface area contributed by atoms with Crippen LogP contribution in [0.15, 0.2) is 12.1 Å². The van der Waals surface area contributed by atoms with E-state index >= 15 is 0 Å². The van der Waals surface area contributed by atoms with E-state index in [-0.39, 0.29) is 0 Å². The normalized spacial score (nSPS) is 9.42. The third-order valence-electron chi connectivity index (χ3n) is 1.01. The van der Waals surface area contributed by atoms with Crippen LogP contribution in [0.5, 0.6) is 0 Å². The van der Waals surface area contributed by atoms with E-state index in [4.69, 9.17) is 0 Å². The van der Waals surface area contributed by atoms with Gasteiger partial charge in [0.15, 0.2) is 0 Å². The largest absolute Gasteiger partial charge is 0.322 e. The molecule has 0 rings (SSSR count). The van der Waals surface area contributed by atoms with Gasteiger partial charge in [0.1, 0.15) is 0 Å². The molecule has 0 aromatic heterocycles. The van der Waals surface area contributed by atoms with Gasteiger partial charge in [0.2, 0.25) is 0 Å². The number of rotatable bonds is 4. The van der Waals surface area contributed by atoms with Gasteiger partial charge in [0, 0.05) is 0 Å². The van der Waals surface area contributed by atoms with Crippen LogP contribution >= 0.6 is 43.3 Å². The van der Waals surface area contributed by atoms with Crippen molar-refractivity contribution >= 4 is 47.6 Å². The fraction of sp³-hybridized carbons (Fsp3) is 0.750. The quantitative estimate of drug-likeness (QED) is 0.542. The third-order valence-corrected chi connectivity index (χ3v) is 1.62. The summed E-state index contributed by atoms with van der Waals surface area (Å²) >= 11 is 8.46. The molecule has 0 aliphatic carbocycles. The van der Waals surface area contributed by atoms with Gasteiger partial charge in [-0.3, -0.25) is 0 Å². The Morgan fingerprint density at radius 1 is 1.33 bits per heavy atom. The Morgan fingerprint density at radius 3 is 2.17 bits per heavy atom. The van der Waals surface area contributed by atoms with E-state index in [9.17, 15) is 0 Å². The number of hydrogen-bond acceptors (Lipinski definition) is 1. The molecule has 0 atom stereocenters. The summed E-state index contributed by atoms with van der Waals surface area (Å²) in [6, 6.07) is 0. The van der Waals surface area contributed by atoms with Crippen LogP contribution in [-0.4, -0.2) is 16.9 Å². The van der Waals surface area contributed by atoms with Crippen LogP contribution in [0.4, 0.5) is 0 Å². The first-order chi connectivity index (χ1) is 5.68. The van der Waals surface area contributed by atoms with Gasteiger partial charge in [-0.25, -0.2) is 0 Å². The maximum absolute atomic E-state index is 3.36. The molecule has 0 nitrogen and oxygen atoms in total. The maximum Gasteiger partial charge on any atom is 0.322 e. The molecule has 0 saturated heterocycles. The van der Waals surface area contributed by atoms with E-state index < -0.39 is 0 Å². The van der Waals surface area contributed by atoms with E-state index in [2.05, 4.69) is 50.5 Å². The van der Waals surface area contributed by atoms with Crippen LogP contribution in [0.25, 0.3) is 0 Å². The van der Waals surface area contributed by atoms with Gasteiger partial charge in [0.05, 0.1) is 0 Å². The molecule has 0 radical (unpaired) electrons. The molecule has 0 spiro atoms. The summed E-state index contributed by atoms with van der Waals surface area (Å²) in [6.07, 6.45) is 10.0. The Morgan fingerprint density at radius 2 is 1.83 bits per heavy atom. The second-order valence-corrected chi connectivity index (χ2v) is 6.33. The van der Waals surface area contributed by atoms with Crippen molar-refractivity contribution in [1.29, 1.82) is 0 Å². The van der Waals surface area contributed by atoms with Crippen LogP contribution in [0, 0.1) is 0 Å². The predicted octanol–water partition coefficient (Wildman–Crippen LogP) is 4.53. The average molecular weight is 316 g/mol. The summed E-state index contributed by atoms with van der Waals surface area (Å²) < 4.78 is 0.349. The van der Waals surface area contributed by atoms with Gasteiger partial charge in [-0.1, -0.05) is 31.8 Å². The maximum atomic E-state index is 3.36. The zero-order valence-corrected chi connectivity index (χ0v) is 12.0. The van der Waals surface area contributed by atoms with E-state index in [1.165, 1.54) is 19.3 Å². The zero-order chi connectivity index (χ0) is 9.82. The topological polar surface area (TPSA) is 0 Å². The highest BCUT2D eigenvalue weighted by molar-refractivity contribution is 9.49. The highest BCUT2D eigenvalue weighted by Crippen LogP contribution is 2.04. The first kappa shape index (κ1) is 15.6. The van der Waals surface area contributed by atoms with Crippen molar-refractivity contribution in [3.8, 4) is 0 Å². The molecule has 0 N–H and O–H groups in total. The minimum Gasteiger partial charge on any atom is -0.169 e. The van der Waals surface area contributed by atoms with Gasteiger partial charge in [-0.05, 0) is 18.9 Å². The van der Waals surface area contributed by atoms with Crippen molar-refractivity contribution in [2.45, 2.75) is 26.2 Å². The fourth-order valence-electron chi connectivity index (χ4n) is 0.521. The molecule has 0 aliphatic heterocycles. The highest BCUT2D eigenvalue weighted by atomic mass is 79.9. The first-order valence-corrected chi connectivity index (χ1v) is 7.50. The summed E-state index contributed by atoms with van der Waals surface area (Å²) in [7, 11) is 0. The van der Waals surface area contributed by atoms with Crippen molar-refractivity contribution in [3.05, 3.63) is 12.1 Å². The molecule has 72 valence electrons. The molecular formula is C8H17BBr2S. The second-order valence-electron chi connectivity index (χ2n) is 2.31. The smallest absolute Gasteiger partial charge is 0.169 e. The first-order valence-electron chi connectivity index (χ1n) is 4.03. The molecule has 0 bridgehead atoms. The van der Waals surface area contributed by atoms with E-state index in [0.717, 1.165) is 0 Å². The van der Waals surface area contributed by atoms with Gasteiger partial charge in [-0.15, -0.1) is 31.5 Å². The lowest BCUT2D eigenvalue weighted by Gasteiger charge is -1.87. The summed E-state index contributed by atoms with van der Waals surface area (Å²) in [5.41, 5.74) is 0. The Hall–Kier alpha value is 1.11. The number of hydrogen-bond donors (Lipinski definition) is 0. The number of halogens is 2. The molecule has 0 heterocycles. The van der Waals surface area contributed by atoms with Crippen molar-refractivity contribution in [1.82, 2.24) is 0 Å². The lowest BCUT2D eigenvalue weighted by atomic mass is 10.1. The molecule has 0 aromatic rings. The van der Waals surface area contributed by atoms with Crippen molar-refractivity contribution in [3.63, 3.8) is 0 Å². The van der Waals surface area contributed by atoms with Gasteiger partial charge in [0.25, 0.3) is 0 Å². The lowest BCUT2D eigenvalue weighted by Crippen LogP contribution is -1.80. The molecular weight excluding hydrogens is 299 g/mol. The molecule has 0 fully saturated rings.